The number of nitrogens with one attached hydrogen (secondary N) is 1. The molecular weight excluding hydrogens is 220 g/mol. The van der Waals surface area contributed by atoms with Crippen LogP contribution in [-0.2, 0) is 4.79 Å². The van der Waals surface area contributed by atoms with Gasteiger partial charge in [-0.25, -0.2) is 4.99 Å². The summed E-state index contributed by atoms with van der Waals surface area (Å²) in [4.78, 5) is 15.8. The second kappa shape index (κ2) is 4.70. The fourth-order valence-electron chi connectivity index (χ4n) is 1.56. The van der Waals surface area contributed by atoms with Gasteiger partial charge in [0.05, 0.1) is 5.69 Å². The normalized spacial score (nSPS) is 23.2. The summed E-state index contributed by atoms with van der Waals surface area (Å²) in [5.41, 5.74) is 2.05. The number of amidine groups is 1. The number of benzene rings is 1. The molecule has 1 aromatic carbocycles. The third kappa shape index (κ3) is 2.85. The summed E-state index contributed by atoms with van der Waals surface area (Å²) >= 11 is 1.61. The maximum absolute atomic E-state index is 11.3. The van der Waals surface area contributed by atoms with Crippen LogP contribution in [-0.4, -0.2) is 16.3 Å². The number of nitrogens with zero attached hydrogens (tertiary/aromatic N) is 1. The minimum atomic E-state index is 0.0534. The molecule has 1 atom stereocenters. The van der Waals surface area contributed by atoms with Crippen LogP contribution in [0.15, 0.2) is 29.3 Å². The highest BCUT2D eigenvalue weighted by Gasteiger charge is 2.20. The third-order valence-electron chi connectivity index (χ3n) is 2.26. The van der Waals surface area contributed by atoms with Gasteiger partial charge < -0.3 is 5.32 Å². The van der Waals surface area contributed by atoms with Crippen LogP contribution in [0.2, 0.25) is 0 Å². The van der Waals surface area contributed by atoms with Crippen molar-refractivity contribution in [1.29, 1.82) is 0 Å². The first kappa shape index (κ1) is 11.2. The van der Waals surface area contributed by atoms with Crippen LogP contribution >= 0.6 is 11.8 Å². The summed E-state index contributed by atoms with van der Waals surface area (Å²) in [7, 11) is 0. The molecule has 1 saturated heterocycles. The molecule has 1 N–H and O–H groups in total. The summed E-state index contributed by atoms with van der Waals surface area (Å²) in [5, 5.41) is 3.79. The Morgan fingerprint density at radius 1 is 1.50 bits per heavy atom. The Hall–Kier alpha value is -1.29. The lowest BCUT2D eigenvalue weighted by Gasteiger charge is -2.19. The first-order valence-corrected chi connectivity index (χ1v) is 6.13. The molecule has 0 radical (unpaired) electrons. The van der Waals surface area contributed by atoms with Crippen molar-refractivity contribution in [2.24, 2.45) is 4.99 Å². The van der Waals surface area contributed by atoms with E-state index in [1.54, 1.807) is 11.8 Å². The van der Waals surface area contributed by atoms with Gasteiger partial charge in [-0.2, -0.15) is 0 Å². The largest absolute Gasteiger partial charge is 0.305 e. The van der Waals surface area contributed by atoms with E-state index in [0.717, 1.165) is 5.69 Å². The fraction of sp³-hybridized carbons (Fsp3) is 0.333. The SMILES string of the molecule is Cc1cccc(N=C2NC(=O)C[C@H](C)S2)c1. The highest BCUT2D eigenvalue weighted by molar-refractivity contribution is 8.14. The zero-order chi connectivity index (χ0) is 11.5. The molecule has 3 nitrogen and oxygen atoms in total. The molecule has 1 aliphatic rings. The molecule has 16 heavy (non-hydrogen) atoms. The molecule has 0 bridgehead atoms. The lowest BCUT2D eigenvalue weighted by atomic mass is 10.2. The van der Waals surface area contributed by atoms with Crippen molar-refractivity contribution in [2.75, 3.05) is 0 Å². The number of aryl methyl sites for hydroxylation is 1. The average molecular weight is 234 g/mol. The van der Waals surface area contributed by atoms with Crippen LogP contribution in [0.3, 0.4) is 0 Å². The molecule has 0 spiro atoms. The van der Waals surface area contributed by atoms with Crippen molar-refractivity contribution >= 4 is 28.5 Å². The predicted octanol–water partition coefficient (Wildman–Crippen LogP) is 2.62. The first-order chi connectivity index (χ1) is 7.63. The van der Waals surface area contributed by atoms with E-state index < -0.39 is 0 Å². The molecule has 1 heterocycles. The van der Waals surface area contributed by atoms with Crippen molar-refractivity contribution in [1.82, 2.24) is 5.32 Å². The Bertz CT molecular complexity index is 442. The molecule has 4 heteroatoms. The summed E-state index contributed by atoms with van der Waals surface area (Å²) in [5.74, 6) is 0.0534. The van der Waals surface area contributed by atoms with Crippen molar-refractivity contribution in [2.45, 2.75) is 25.5 Å². The van der Waals surface area contributed by atoms with Crippen LogP contribution < -0.4 is 5.32 Å². The number of carbonyl (C=O) groups is 1. The van der Waals surface area contributed by atoms with Crippen molar-refractivity contribution < 1.29 is 4.79 Å². The fourth-order valence-corrected chi connectivity index (χ4v) is 2.51. The van der Waals surface area contributed by atoms with Crippen molar-refractivity contribution in [3.63, 3.8) is 0 Å². The molecule has 84 valence electrons. The van der Waals surface area contributed by atoms with E-state index in [4.69, 9.17) is 0 Å². The smallest absolute Gasteiger partial charge is 0.227 e. The minimum Gasteiger partial charge on any atom is -0.305 e. The molecule has 0 aromatic heterocycles. The van der Waals surface area contributed by atoms with Gasteiger partial charge in [0.15, 0.2) is 5.17 Å². The third-order valence-corrected chi connectivity index (χ3v) is 3.25. The Morgan fingerprint density at radius 2 is 2.31 bits per heavy atom. The average Bonchev–Trinajstić information content (AvgIpc) is 2.15. The molecule has 0 unspecified atom stereocenters. The summed E-state index contributed by atoms with van der Waals surface area (Å²) < 4.78 is 0. The van der Waals surface area contributed by atoms with Gasteiger partial charge in [-0.05, 0) is 24.6 Å². The zero-order valence-electron chi connectivity index (χ0n) is 9.36. The molecule has 2 rings (SSSR count). The number of amides is 1. The maximum atomic E-state index is 11.3. The highest BCUT2D eigenvalue weighted by Crippen LogP contribution is 2.23. The number of rotatable bonds is 1. The number of carbonyl (C=O) groups excluding carboxylic acids is 1. The van der Waals surface area contributed by atoms with Crippen LogP contribution in [0.1, 0.15) is 18.9 Å². The molecule has 1 aromatic rings. The molecule has 1 fully saturated rings. The molecule has 1 amide bonds. The van der Waals surface area contributed by atoms with E-state index in [9.17, 15) is 4.79 Å². The van der Waals surface area contributed by atoms with Crippen molar-refractivity contribution in [3.05, 3.63) is 29.8 Å². The molecular formula is C12H14N2OS. The lowest BCUT2D eigenvalue weighted by Crippen LogP contribution is -2.36. The number of hydrogen-bond donors (Lipinski definition) is 1. The summed E-state index contributed by atoms with van der Waals surface area (Å²) in [6.07, 6.45) is 0.567. The van der Waals surface area contributed by atoms with Gasteiger partial charge in [0.1, 0.15) is 0 Å². The summed E-state index contributed by atoms with van der Waals surface area (Å²) in [6, 6.07) is 7.93. The Balaban J connectivity index is 2.20. The van der Waals surface area contributed by atoms with Crippen LogP contribution in [0.4, 0.5) is 5.69 Å². The molecule has 0 saturated carbocycles. The summed E-state index contributed by atoms with van der Waals surface area (Å²) in [6.45, 7) is 4.06. The first-order valence-electron chi connectivity index (χ1n) is 5.25. The Labute approximate surface area is 99.3 Å². The van der Waals surface area contributed by atoms with Crippen LogP contribution in [0.5, 0.6) is 0 Å². The predicted molar refractivity (Wildman–Crippen MR) is 68.1 cm³/mol. The van der Waals surface area contributed by atoms with Crippen molar-refractivity contribution in [3.8, 4) is 0 Å². The van der Waals surface area contributed by atoms with Crippen LogP contribution in [0.25, 0.3) is 0 Å². The topological polar surface area (TPSA) is 41.5 Å². The number of hydrogen-bond acceptors (Lipinski definition) is 3. The zero-order valence-corrected chi connectivity index (χ0v) is 10.2. The maximum Gasteiger partial charge on any atom is 0.227 e. The van der Waals surface area contributed by atoms with Gasteiger partial charge in [0.25, 0.3) is 0 Å². The number of aliphatic imine (C=N–C) groups is 1. The van der Waals surface area contributed by atoms with Gasteiger partial charge in [0, 0.05) is 11.7 Å². The van der Waals surface area contributed by atoms with E-state index in [2.05, 4.69) is 10.3 Å². The quantitative estimate of drug-likeness (QED) is 0.811. The Morgan fingerprint density at radius 3 is 3.00 bits per heavy atom. The monoisotopic (exact) mass is 234 g/mol. The van der Waals surface area contributed by atoms with Gasteiger partial charge in [-0.3, -0.25) is 4.79 Å². The molecule has 0 aliphatic carbocycles. The molecule has 1 aliphatic heterocycles. The second-order valence-electron chi connectivity index (χ2n) is 3.94. The van der Waals surface area contributed by atoms with Gasteiger partial charge in [0.2, 0.25) is 5.91 Å². The van der Waals surface area contributed by atoms with E-state index in [1.165, 1.54) is 5.56 Å². The van der Waals surface area contributed by atoms with Gasteiger partial charge >= 0.3 is 0 Å². The van der Waals surface area contributed by atoms with E-state index in [-0.39, 0.29) is 5.91 Å². The van der Waals surface area contributed by atoms with E-state index in [0.29, 0.717) is 16.8 Å². The lowest BCUT2D eigenvalue weighted by molar-refractivity contribution is -0.119. The minimum absolute atomic E-state index is 0.0534. The van der Waals surface area contributed by atoms with E-state index in [1.807, 2.05) is 38.1 Å². The van der Waals surface area contributed by atoms with Gasteiger partial charge in [-0.15, -0.1) is 0 Å². The highest BCUT2D eigenvalue weighted by atomic mass is 32.2. The van der Waals surface area contributed by atoms with E-state index >= 15 is 0 Å². The standard InChI is InChI=1S/C12H14N2OS/c1-8-4-3-5-10(6-8)13-12-14-11(15)7-9(2)16-12/h3-6,9H,7H2,1-2H3,(H,13,14,15)/t9-/m0/s1. The van der Waals surface area contributed by atoms with Gasteiger partial charge in [-0.1, -0.05) is 30.8 Å². The number of thioether (sulfide) groups is 1. The van der Waals surface area contributed by atoms with Crippen LogP contribution in [0, 0.1) is 6.92 Å². The second-order valence-corrected chi connectivity index (χ2v) is 5.36. The Kier molecular flexibility index (Phi) is 3.29.